The first-order chi connectivity index (χ1) is 9.13. The molecule has 19 heavy (non-hydrogen) atoms. The van der Waals surface area contributed by atoms with Crippen LogP contribution < -0.4 is 5.32 Å². The predicted molar refractivity (Wildman–Crippen MR) is 73.8 cm³/mol. The predicted octanol–water partition coefficient (Wildman–Crippen LogP) is 3.99. The second-order valence-corrected chi connectivity index (χ2v) is 4.51. The molecule has 0 unspecified atom stereocenters. The number of anilines is 1. The maximum atomic E-state index is 11.4. The summed E-state index contributed by atoms with van der Waals surface area (Å²) in [5.41, 5.74) is 1.37. The summed E-state index contributed by atoms with van der Waals surface area (Å²) in [5, 5.41) is 3.99. The summed E-state index contributed by atoms with van der Waals surface area (Å²) in [5.74, 6) is -0.341. The number of nitrogens with one attached hydrogen (secondary N) is 1. The zero-order valence-corrected chi connectivity index (χ0v) is 11.6. The van der Waals surface area contributed by atoms with Crippen LogP contribution in [0.1, 0.15) is 16.1 Å². The van der Waals surface area contributed by atoms with Crippen LogP contribution in [0.3, 0.4) is 0 Å². The van der Waals surface area contributed by atoms with Crippen LogP contribution in [0.5, 0.6) is 0 Å². The maximum Gasteiger partial charge on any atom is 0.374 e. The van der Waals surface area contributed by atoms with E-state index >= 15 is 0 Å². The Morgan fingerprint density at radius 1 is 1.37 bits per heavy atom. The Bertz CT molecular complexity index is 595. The highest BCUT2D eigenvalue weighted by Crippen LogP contribution is 2.30. The fourth-order valence-electron chi connectivity index (χ4n) is 1.58. The van der Waals surface area contributed by atoms with E-state index in [1.54, 1.807) is 24.3 Å². The third kappa shape index (κ3) is 3.03. The molecular formula is C13H11Cl2NO3. The Hall–Kier alpha value is -1.65. The van der Waals surface area contributed by atoms with E-state index in [-0.39, 0.29) is 5.76 Å². The smallest absolute Gasteiger partial charge is 0.374 e. The summed E-state index contributed by atoms with van der Waals surface area (Å²) in [6, 6.07) is 6.98. The van der Waals surface area contributed by atoms with Crippen molar-refractivity contribution in [2.24, 2.45) is 0 Å². The molecule has 0 radical (unpaired) electrons. The zero-order chi connectivity index (χ0) is 13.8. The number of ether oxygens (including phenoxy) is 1. The van der Waals surface area contributed by atoms with E-state index in [2.05, 4.69) is 10.1 Å². The molecule has 1 heterocycles. The maximum absolute atomic E-state index is 11.4. The van der Waals surface area contributed by atoms with Gasteiger partial charge < -0.3 is 14.5 Å². The molecule has 1 aromatic carbocycles. The normalized spacial score (nSPS) is 10.3. The Morgan fingerprint density at radius 3 is 2.89 bits per heavy atom. The Kier molecular flexibility index (Phi) is 4.35. The van der Waals surface area contributed by atoms with Crippen LogP contribution in [0, 0.1) is 0 Å². The van der Waals surface area contributed by atoms with Crippen LogP contribution in [0.2, 0.25) is 10.0 Å². The van der Waals surface area contributed by atoms with Gasteiger partial charge in [0.15, 0.2) is 0 Å². The molecule has 2 rings (SSSR count). The van der Waals surface area contributed by atoms with Crippen LogP contribution in [0.4, 0.5) is 5.69 Å². The average molecular weight is 300 g/mol. The molecule has 0 aliphatic carbocycles. The lowest BCUT2D eigenvalue weighted by Crippen LogP contribution is -2.07. The fraction of sp³-hybridized carbons (Fsp3) is 0.154. The van der Waals surface area contributed by atoms with Crippen LogP contribution in [-0.2, 0) is 11.3 Å². The van der Waals surface area contributed by atoms with E-state index < -0.39 is 5.97 Å². The second-order valence-electron chi connectivity index (χ2n) is 3.72. The number of furan rings is 1. The topological polar surface area (TPSA) is 51.5 Å². The lowest BCUT2D eigenvalue weighted by atomic mass is 10.2. The van der Waals surface area contributed by atoms with Gasteiger partial charge in [-0.1, -0.05) is 29.3 Å². The highest BCUT2D eigenvalue weighted by molar-refractivity contribution is 6.43. The summed E-state index contributed by atoms with van der Waals surface area (Å²) < 4.78 is 9.71. The number of hydrogen-bond donors (Lipinski definition) is 1. The summed E-state index contributed by atoms with van der Waals surface area (Å²) >= 11 is 12.0. The fourth-order valence-corrected chi connectivity index (χ4v) is 1.94. The van der Waals surface area contributed by atoms with Gasteiger partial charge in [-0.25, -0.2) is 4.79 Å². The number of hydrogen-bond acceptors (Lipinski definition) is 4. The molecule has 0 saturated heterocycles. The minimum atomic E-state index is -0.515. The third-order valence-electron chi connectivity index (χ3n) is 2.54. The van der Waals surface area contributed by atoms with Crippen LogP contribution in [-0.4, -0.2) is 13.1 Å². The van der Waals surface area contributed by atoms with Crippen LogP contribution in [0.15, 0.2) is 34.9 Å². The van der Waals surface area contributed by atoms with Gasteiger partial charge in [-0.2, -0.15) is 0 Å². The van der Waals surface area contributed by atoms with Gasteiger partial charge >= 0.3 is 5.97 Å². The van der Waals surface area contributed by atoms with Crippen LogP contribution >= 0.6 is 23.2 Å². The van der Waals surface area contributed by atoms with E-state index in [9.17, 15) is 4.79 Å². The standard InChI is InChI=1S/C13H11Cl2NO3/c1-18-13(17)12-8(5-6-19-12)7-16-10-4-2-3-9(14)11(10)15/h2-6,16H,7H2,1H3. The number of rotatable bonds is 4. The summed E-state index contributed by atoms with van der Waals surface area (Å²) in [7, 11) is 1.30. The van der Waals surface area contributed by atoms with Gasteiger partial charge in [0.2, 0.25) is 5.76 Å². The molecule has 0 aliphatic heterocycles. The van der Waals surface area contributed by atoms with Crippen molar-refractivity contribution in [3.05, 3.63) is 51.9 Å². The quantitative estimate of drug-likeness (QED) is 0.868. The highest BCUT2D eigenvalue weighted by Gasteiger charge is 2.15. The molecule has 1 N–H and O–H groups in total. The van der Waals surface area contributed by atoms with Crippen molar-refractivity contribution in [2.45, 2.75) is 6.54 Å². The van der Waals surface area contributed by atoms with Crippen molar-refractivity contribution in [3.63, 3.8) is 0 Å². The van der Waals surface area contributed by atoms with Gasteiger partial charge in [0.1, 0.15) is 0 Å². The van der Waals surface area contributed by atoms with Crippen molar-refractivity contribution in [1.29, 1.82) is 0 Å². The molecule has 0 spiro atoms. The van der Waals surface area contributed by atoms with Crippen molar-refractivity contribution < 1.29 is 13.9 Å². The highest BCUT2D eigenvalue weighted by atomic mass is 35.5. The van der Waals surface area contributed by atoms with Gasteiger partial charge in [-0.3, -0.25) is 0 Å². The minimum Gasteiger partial charge on any atom is -0.463 e. The number of carbonyl (C=O) groups excluding carboxylic acids is 1. The Morgan fingerprint density at radius 2 is 2.16 bits per heavy atom. The molecule has 0 amide bonds. The summed E-state index contributed by atoms with van der Waals surface area (Å²) in [6.45, 7) is 0.376. The lowest BCUT2D eigenvalue weighted by Gasteiger charge is -2.08. The average Bonchev–Trinajstić information content (AvgIpc) is 2.88. The molecule has 0 aliphatic rings. The molecule has 2 aromatic rings. The molecule has 0 saturated carbocycles. The molecule has 0 fully saturated rings. The Labute approximate surface area is 120 Å². The van der Waals surface area contributed by atoms with Gasteiger partial charge in [-0.05, 0) is 18.2 Å². The van der Waals surface area contributed by atoms with E-state index in [1.807, 2.05) is 0 Å². The van der Waals surface area contributed by atoms with Gasteiger partial charge in [0.05, 0.1) is 29.1 Å². The van der Waals surface area contributed by atoms with E-state index in [0.717, 1.165) is 0 Å². The number of esters is 1. The molecule has 4 nitrogen and oxygen atoms in total. The molecular weight excluding hydrogens is 289 g/mol. The first-order valence-corrected chi connectivity index (χ1v) is 6.21. The minimum absolute atomic E-state index is 0.174. The molecule has 0 atom stereocenters. The van der Waals surface area contributed by atoms with E-state index in [1.165, 1.54) is 13.4 Å². The number of methoxy groups -OCH3 is 1. The first-order valence-electron chi connectivity index (χ1n) is 5.46. The zero-order valence-electron chi connectivity index (χ0n) is 10.1. The van der Waals surface area contributed by atoms with Gasteiger partial charge in [0.25, 0.3) is 0 Å². The molecule has 6 heteroatoms. The first kappa shape index (κ1) is 13.8. The monoisotopic (exact) mass is 299 g/mol. The van der Waals surface area contributed by atoms with Crippen molar-refractivity contribution in [2.75, 3.05) is 12.4 Å². The van der Waals surface area contributed by atoms with Gasteiger partial charge in [0, 0.05) is 12.1 Å². The second kappa shape index (κ2) is 5.99. The molecule has 0 bridgehead atoms. The number of carbonyl (C=O) groups is 1. The van der Waals surface area contributed by atoms with Crippen molar-refractivity contribution in [1.82, 2.24) is 0 Å². The number of benzene rings is 1. The summed E-state index contributed by atoms with van der Waals surface area (Å²) in [4.78, 5) is 11.4. The van der Waals surface area contributed by atoms with E-state index in [4.69, 9.17) is 27.6 Å². The molecule has 100 valence electrons. The molecule has 1 aromatic heterocycles. The Balaban J connectivity index is 2.13. The largest absolute Gasteiger partial charge is 0.463 e. The van der Waals surface area contributed by atoms with Crippen molar-refractivity contribution in [3.8, 4) is 0 Å². The summed E-state index contributed by atoms with van der Waals surface area (Å²) in [6.07, 6.45) is 1.43. The lowest BCUT2D eigenvalue weighted by molar-refractivity contribution is 0.0563. The third-order valence-corrected chi connectivity index (χ3v) is 3.36. The number of halogens is 2. The van der Waals surface area contributed by atoms with Crippen LogP contribution in [0.25, 0.3) is 0 Å². The van der Waals surface area contributed by atoms with Crippen molar-refractivity contribution >= 4 is 34.9 Å². The SMILES string of the molecule is COC(=O)c1occc1CNc1cccc(Cl)c1Cl. The van der Waals surface area contributed by atoms with Gasteiger partial charge in [-0.15, -0.1) is 0 Å². The van der Waals surface area contributed by atoms with E-state index in [0.29, 0.717) is 27.8 Å².